The molecule has 11 heteroatoms. The van der Waals surface area contributed by atoms with Crippen LogP contribution in [0.15, 0.2) is 69.2 Å². The Kier molecular flexibility index (Phi) is 7.07. The number of thioether (sulfide) groups is 2. The first-order valence-electron chi connectivity index (χ1n) is 10.1. The van der Waals surface area contributed by atoms with E-state index in [9.17, 15) is 9.59 Å². The standard InChI is InChI=1S/C23H16N4O2S5/c28-19(12-27-20(29)18(33-23(27)30)11-16-8-4-10-31-16)24-21-25-26-22(34-21)32-13-15-7-3-6-14-5-1-2-9-17(14)15/h1-11H,12-13H2,(H,24,25,28)/b18-11-. The predicted octanol–water partition coefficient (Wildman–Crippen LogP) is 5.89. The van der Waals surface area contributed by atoms with Crippen LogP contribution in [-0.4, -0.2) is 37.8 Å². The fraction of sp³-hybridized carbons (Fsp3) is 0.0870. The number of benzene rings is 2. The lowest BCUT2D eigenvalue weighted by atomic mass is 10.1. The fourth-order valence-corrected chi connectivity index (χ4v) is 7.07. The Labute approximate surface area is 217 Å². The summed E-state index contributed by atoms with van der Waals surface area (Å²) in [5.41, 5.74) is 1.22. The van der Waals surface area contributed by atoms with Crippen LogP contribution in [0.3, 0.4) is 0 Å². The van der Waals surface area contributed by atoms with E-state index in [0.717, 1.165) is 15.0 Å². The van der Waals surface area contributed by atoms with Gasteiger partial charge in [0, 0.05) is 10.6 Å². The summed E-state index contributed by atoms with van der Waals surface area (Å²) in [6.07, 6.45) is 1.80. The van der Waals surface area contributed by atoms with Crippen LogP contribution in [0.2, 0.25) is 0 Å². The maximum atomic E-state index is 12.7. The molecular weight excluding hydrogens is 525 g/mol. The number of carbonyl (C=O) groups excluding carboxylic acids is 2. The number of nitrogens with zero attached hydrogens (tertiary/aromatic N) is 3. The molecule has 1 fully saturated rings. The topological polar surface area (TPSA) is 75.2 Å². The first-order valence-corrected chi connectivity index (χ1v) is 14.0. The van der Waals surface area contributed by atoms with E-state index < -0.39 is 0 Å². The second-order valence-corrected chi connectivity index (χ2v) is 12.0. The number of nitrogens with one attached hydrogen (secondary N) is 1. The highest BCUT2D eigenvalue weighted by molar-refractivity contribution is 8.26. The van der Waals surface area contributed by atoms with Crippen molar-refractivity contribution >= 4 is 96.5 Å². The molecule has 0 unspecified atom stereocenters. The number of thiophene rings is 1. The molecule has 34 heavy (non-hydrogen) atoms. The normalized spacial score (nSPS) is 14.9. The molecule has 2 amide bonds. The van der Waals surface area contributed by atoms with Gasteiger partial charge in [-0.05, 0) is 33.9 Å². The highest BCUT2D eigenvalue weighted by Gasteiger charge is 2.33. The van der Waals surface area contributed by atoms with Crippen LogP contribution in [-0.2, 0) is 15.3 Å². The Morgan fingerprint density at radius 1 is 1.12 bits per heavy atom. The van der Waals surface area contributed by atoms with Crippen molar-refractivity contribution in [2.75, 3.05) is 11.9 Å². The molecule has 0 atom stereocenters. The second kappa shape index (κ2) is 10.4. The lowest BCUT2D eigenvalue weighted by molar-refractivity contribution is -0.126. The molecule has 1 N–H and O–H groups in total. The van der Waals surface area contributed by atoms with Crippen molar-refractivity contribution in [1.29, 1.82) is 0 Å². The maximum Gasteiger partial charge on any atom is 0.266 e. The monoisotopic (exact) mass is 540 g/mol. The molecule has 1 aliphatic rings. The van der Waals surface area contributed by atoms with Crippen molar-refractivity contribution in [3.8, 4) is 0 Å². The van der Waals surface area contributed by atoms with Gasteiger partial charge in [-0.3, -0.25) is 19.8 Å². The molecule has 4 aromatic rings. The first kappa shape index (κ1) is 23.2. The van der Waals surface area contributed by atoms with Crippen LogP contribution in [0.5, 0.6) is 0 Å². The molecule has 5 rings (SSSR count). The van der Waals surface area contributed by atoms with E-state index in [2.05, 4.69) is 39.8 Å². The minimum atomic E-state index is -0.365. The number of hydrogen-bond donors (Lipinski definition) is 1. The van der Waals surface area contributed by atoms with Gasteiger partial charge < -0.3 is 0 Å². The number of amides is 2. The zero-order valence-electron chi connectivity index (χ0n) is 17.5. The zero-order valence-corrected chi connectivity index (χ0v) is 21.5. The Bertz CT molecular complexity index is 1410. The van der Waals surface area contributed by atoms with Gasteiger partial charge in [0.25, 0.3) is 5.91 Å². The molecule has 0 aliphatic carbocycles. The Balaban J connectivity index is 1.18. The third kappa shape index (κ3) is 5.23. The van der Waals surface area contributed by atoms with Crippen LogP contribution in [0, 0.1) is 0 Å². The van der Waals surface area contributed by atoms with E-state index in [1.807, 2.05) is 35.7 Å². The zero-order chi connectivity index (χ0) is 23.5. The van der Waals surface area contributed by atoms with Gasteiger partial charge in [-0.15, -0.1) is 21.5 Å². The number of fused-ring (bicyclic) bond motifs is 1. The Morgan fingerprint density at radius 3 is 2.82 bits per heavy atom. The molecule has 1 saturated heterocycles. The van der Waals surface area contributed by atoms with Crippen LogP contribution < -0.4 is 5.32 Å². The summed E-state index contributed by atoms with van der Waals surface area (Å²) >= 11 is 10.9. The summed E-state index contributed by atoms with van der Waals surface area (Å²) in [7, 11) is 0. The summed E-state index contributed by atoms with van der Waals surface area (Å²) in [5.74, 6) is 0.120. The van der Waals surface area contributed by atoms with Gasteiger partial charge in [-0.1, -0.05) is 95.6 Å². The third-order valence-electron chi connectivity index (χ3n) is 4.88. The van der Waals surface area contributed by atoms with E-state index >= 15 is 0 Å². The summed E-state index contributed by atoms with van der Waals surface area (Å²) in [4.78, 5) is 28.0. The van der Waals surface area contributed by atoms with Gasteiger partial charge in [0.1, 0.15) is 10.9 Å². The average molecular weight is 541 g/mol. The number of aromatic nitrogens is 2. The highest BCUT2D eigenvalue weighted by Crippen LogP contribution is 2.34. The van der Waals surface area contributed by atoms with E-state index in [-0.39, 0.29) is 18.4 Å². The van der Waals surface area contributed by atoms with Gasteiger partial charge in [0.15, 0.2) is 4.34 Å². The van der Waals surface area contributed by atoms with Crippen molar-refractivity contribution in [2.45, 2.75) is 10.1 Å². The summed E-state index contributed by atoms with van der Waals surface area (Å²) in [6, 6.07) is 18.4. The van der Waals surface area contributed by atoms with E-state index in [1.54, 1.807) is 17.8 Å². The van der Waals surface area contributed by atoms with E-state index in [0.29, 0.717) is 14.4 Å². The van der Waals surface area contributed by atoms with Gasteiger partial charge in [-0.25, -0.2) is 0 Å². The van der Waals surface area contributed by atoms with Gasteiger partial charge in [0.2, 0.25) is 11.0 Å². The highest BCUT2D eigenvalue weighted by atomic mass is 32.2. The van der Waals surface area contributed by atoms with Crippen molar-refractivity contribution in [3.05, 3.63) is 75.3 Å². The SMILES string of the molecule is O=C(CN1C(=O)/C(=C/c2cccs2)SC1=S)Nc1nnc(SCc2cccc3ccccc23)s1. The minimum Gasteiger partial charge on any atom is -0.299 e. The maximum absolute atomic E-state index is 12.7. The van der Waals surface area contributed by atoms with Crippen LogP contribution in [0.4, 0.5) is 5.13 Å². The lowest BCUT2D eigenvalue weighted by Crippen LogP contribution is -2.36. The first-order chi connectivity index (χ1) is 16.6. The quantitative estimate of drug-likeness (QED) is 0.136. The molecule has 170 valence electrons. The third-order valence-corrected chi connectivity index (χ3v) is 9.09. The van der Waals surface area contributed by atoms with Gasteiger partial charge in [0.05, 0.1) is 4.91 Å². The van der Waals surface area contributed by atoms with Crippen LogP contribution in [0.1, 0.15) is 10.4 Å². The molecule has 6 nitrogen and oxygen atoms in total. The summed E-state index contributed by atoms with van der Waals surface area (Å²) < 4.78 is 1.12. The predicted molar refractivity (Wildman–Crippen MR) is 146 cm³/mol. The molecule has 0 bridgehead atoms. The van der Waals surface area contributed by atoms with E-state index in [1.165, 1.54) is 55.7 Å². The molecule has 2 aromatic carbocycles. The number of anilines is 1. The Morgan fingerprint density at radius 2 is 1.97 bits per heavy atom. The van der Waals surface area contributed by atoms with Gasteiger partial charge in [-0.2, -0.15) is 0 Å². The van der Waals surface area contributed by atoms with Gasteiger partial charge >= 0.3 is 0 Å². The van der Waals surface area contributed by atoms with Crippen molar-refractivity contribution in [3.63, 3.8) is 0 Å². The van der Waals surface area contributed by atoms with Crippen molar-refractivity contribution in [1.82, 2.24) is 15.1 Å². The van der Waals surface area contributed by atoms with Crippen molar-refractivity contribution < 1.29 is 9.59 Å². The molecule has 0 saturated carbocycles. The van der Waals surface area contributed by atoms with Crippen LogP contribution >= 0.6 is 58.4 Å². The average Bonchev–Trinajstić information content (AvgIpc) is 3.57. The van der Waals surface area contributed by atoms with E-state index in [4.69, 9.17) is 12.2 Å². The summed E-state index contributed by atoms with van der Waals surface area (Å²) in [5, 5.41) is 15.7. The molecule has 1 aliphatic heterocycles. The number of rotatable bonds is 7. The smallest absolute Gasteiger partial charge is 0.266 e. The summed E-state index contributed by atoms with van der Waals surface area (Å²) in [6.45, 7) is -0.162. The molecule has 0 spiro atoms. The second-order valence-electron chi connectivity index (χ2n) is 7.13. The van der Waals surface area contributed by atoms with Crippen molar-refractivity contribution in [2.24, 2.45) is 0 Å². The molecule has 3 heterocycles. The fourth-order valence-electron chi connectivity index (χ4n) is 3.32. The number of thiocarbonyl (C=S) groups is 1. The molecular formula is C23H16N4O2S5. The Hall–Kier alpha value is -2.57. The lowest BCUT2D eigenvalue weighted by Gasteiger charge is -2.13. The molecule has 0 radical (unpaired) electrons. The van der Waals surface area contributed by atoms with Crippen LogP contribution in [0.25, 0.3) is 16.8 Å². The number of hydrogen-bond acceptors (Lipinski definition) is 9. The molecule has 2 aromatic heterocycles. The largest absolute Gasteiger partial charge is 0.299 e. The minimum absolute atomic E-state index is 0.162. The number of carbonyl (C=O) groups is 2.